The fourth-order valence-corrected chi connectivity index (χ4v) is 1.52. The molecule has 0 aliphatic carbocycles. The van der Waals surface area contributed by atoms with Gasteiger partial charge in [0.2, 0.25) is 0 Å². The summed E-state index contributed by atoms with van der Waals surface area (Å²) in [6.45, 7) is 0.00349. The second kappa shape index (κ2) is 4.88. The highest BCUT2D eigenvalue weighted by molar-refractivity contribution is 7.80. The average Bonchev–Trinajstić information content (AvgIpc) is 2.79. The van der Waals surface area contributed by atoms with E-state index in [0.29, 0.717) is 5.11 Å². The number of hydrogen-bond donors (Lipinski definition) is 1. The molecule has 1 N–H and O–H groups in total. The normalized spacial score (nSPS) is 10.2. The molecule has 17 heavy (non-hydrogen) atoms. The first-order valence-electron chi connectivity index (χ1n) is 4.88. The molecule has 88 valence electrons. The number of benzene rings is 1. The molecular formula is C10H10N4O2S. The molecule has 0 atom stereocenters. The van der Waals surface area contributed by atoms with Crippen LogP contribution >= 0.6 is 12.2 Å². The van der Waals surface area contributed by atoms with Crippen LogP contribution in [0, 0.1) is 0 Å². The maximum atomic E-state index is 11.0. The van der Waals surface area contributed by atoms with E-state index in [4.69, 9.17) is 12.2 Å². The lowest BCUT2D eigenvalue weighted by Crippen LogP contribution is -2.33. The number of para-hydroxylation sites is 1. The lowest BCUT2D eigenvalue weighted by molar-refractivity contribution is -0.139. The van der Waals surface area contributed by atoms with Crippen LogP contribution in [0.4, 0.5) is 0 Å². The number of carbonyl (C=O) groups is 1. The summed E-state index contributed by atoms with van der Waals surface area (Å²) in [4.78, 5) is 11.0. The summed E-state index contributed by atoms with van der Waals surface area (Å²) in [6, 6.07) is 7.42. The highest BCUT2D eigenvalue weighted by atomic mass is 32.1. The van der Waals surface area contributed by atoms with Crippen LogP contribution in [-0.4, -0.2) is 39.7 Å². The molecule has 0 amide bonds. The monoisotopic (exact) mass is 250 g/mol. The first-order chi connectivity index (χ1) is 8.22. The molecule has 2 aromatic rings. The fourth-order valence-electron chi connectivity index (χ4n) is 1.31. The Hall–Kier alpha value is -2.02. The van der Waals surface area contributed by atoms with E-state index in [1.165, 1.54) is 11.8 Å². The van der Waals surface area contributed by atoms with Gasteiger partial charge in [0.15, 0.2) is 5.11 Å². The minimum atomic E-state index is -0.392. The molecule has 0 aliphatic rings. The first kappa shape index (κ1) is 11.5. The molecular weight excluding hydrogens is 240 g/mol. The summed E-state index contributed by atoms with van der Waals surface area (Å²) in [7, 11) is 1.32. The molecule has 0 bridgehead atoms. The van der Waals surface area contributed by atoms with E-state index in [0.717, 1.165) is 11.0 Å². The minimum absolute atomic E-state index is 0.00349. The van der Waals surface area contributed by atoms with Crippen molar-refractivity contribution in [3.63, 3.8) is 0 Å². The largest absolute Gasteiger partial charge is 0.468 e. The van der Waals surface area contributed by atoms with E-state index in [9.17, 15) is 4.79 Å². The molecule has 1 heterocycles. The van der Waals surface area contributed by atoms with Crippen LogP contribution in [-0.2, 0) is 9.53 Å². The molecule has 0 radical (unpaired) electrons. The van der Waals surface area contributed by atoms with E-state index in [-0.39, 0.29) is 6.54 Å². The average molecular weight is 250 g/mol. The predicted octanol–water partition coefficient (Wildman–Crippen LogP) is 0.327. The number of carbonyl (C=O) groups excluding carboxylic acids is 1. The van der Waals surface area contributed by atoms with E-state index >= 15 is 0 Å². The van der Waals surface area contributed by atoms with E-state index in [1.807, 2.05) is 24.3 Å². The quantitative estimate of drug-likeness (QED) is 0.612. The Bertz CT molecular complexity index is 566. The number of ether oxygens (including phenoxy) is 1. The lowest BCUT2D eigenvalue weighted by atomic mass is 10.3. The van der Waals surface area contributed by atoms with Crippen molar-refractivity contribution in [2.75, 3.05) is 13.7 Å². The predicted molar refractivity (Wildman–Crippen MR) is 65.5 cm³/mol. The second-order valence-corrected chi connectivity index (χ2v) is 3.61. The Morgan fingerprint density at radius 2 is 2.29 bits per heavy atom. The van der Waals surface area contributed by atoms with Gasteiger partial charge in [-0.05, 0) is 24.4 Å². The van der Waals surface area contributed by atoms with Gasteiger partial charge in [-0.1, -0.05) is 17.3 Å². The van der Waals surface area contributed by atoms with Crippen LogP contribution in [0.15, 0.2) is 24.3 Å². The van der Waals surface area contributed by atoms with Gasteiger partial charge in [-0.2, -0.15) is 4.68 Å². The van der Waals surface area contributed by atoms with Crippen LogP contribution < -0.4 is 5.32 Å². The Morgan fingerprint density at radius 3 is 3.06 bits per heavy atom. The van der Waals surface area contributed by atoms with E-state index in [2.05, 4.69) is 20.4 Å². The summed E-state index contributed by atoms with van der Waals surface area (Å²) in [5.74, 6) is -0.392. The van der Waals surface area contributed by atoms with Crippen LogP contribution in [0.3, 0.4) is 0 Å². The molecule has 1 aromatic carbocycles. The first-order valence-corrected chi connectivity index (χ1v) is 5.28. The number of nitrogens with zero attached hydrogens (tertiary/aromatic N) is 3. The minimum Gasteiger partial charge on any atom is -0.468 e. The smallest absolute Gasteiger partial charge is 0.325 e. The molecule has 7 heteroatoms. The van der Waals surface area contributed by atoms with Crippen molar-refractivity contribution in [1.29, 1.82) is 0 Å². The van der Waals surface area contributed by atoms with Crippen LogP contribution in [0.5, 0.6) is 0 Å². The number of rotatable bonds is 2. The van der Waals surface area contributed by atoms with Gasteiger partial charge in [0.1, 0.15) is 12.1 Å². The fraction of sp³-hybridized carbons (Fsp3) is 0.200. The zero-order valence-corrected chi connectivity index (χ0v) is 9.90. The number of methoxy groups -OCH3 is 1. The number of esters is 1. The molecule has 0 unspecified atom stereocenters. The van der Waals surface area contributed by atoms with Crippen molar-refractivity contribution in [2.45, 2.75) is 0 Å². The van der Waals surface area contributed by atoms with Gasteiger partial charge >= 0.3 is 5.97 Å². The highest BCUT2D eigenvalue weighted by Gasteiger charge is 2.09. The van der Waals surface area contributed by atoms with Crippen molar-refractivity contribution < 1.29 is 9.53 Å². The van der Waals surface area contributed by atoms with E-state index < -0.39 is 5.97 Å². The molecule has 0 saturated heterocycles. The third-order valence-corrected chi connectivity index (χ3v) is 2.47. The lowest BCUT2D eigenvalue weighted by Gasteiger charge is -2.06. The molecule has 0 aliphatic heterocycles. The molecule has 0 saturated carbocycles. The molecule has 0 fully saturated rings. The third kappa shape index (κ3) is 2.39. The Morgan fingerprint density at radius 1 is 1.53 bits per heavy atom. The topological polar surface area (TPSA) is 69.0 Å². The number of nitrogens with one attached hydrogen (secondary N) is 1. The third-order valence-electron chi connectivity index (χ3n) is 2.16. The molecule has 6 nitrogen and oxygen atoms in total. The Balaban J connectivity index is 2.17. The van der Waals surface area contributed by atoms with Gasteiger partial charge < -0.3 is 10.1 Å². The number of thiocarbonyl (C=S) groups is 1. The number of aromatic nitrogens is 3. The van der Waals surface area contributed by atoms with Gasteiger partial charge in [0.05, 0.1) is 12.6 Å². The van der Waals surface area contributed by atoms with E-state index in [1.54, 1.807) is 0 Å². The maximum Gasteiger partial charge on any atom is 0.325 e. The second-order valence-electron chi connectivity index (χ2n) is 3.22. The Kier molecular flexibility index (Phi) is 3.29. The van der Waals surface area contributed by atoms with Gasteiger partial charge in [-0.15, -0.1) is 5.10 Å². The van der Waals surface area contributed by atoms with Gasteiger partial charge in [0, 0.05) is 0 Å². The number of hydrogen-bond acceptors (Lipinski definition) is 5. The summed E-state index contributed by atoms with van der Waals surface area (Å²) in [5.41, 5.74) is 1.53. The van der Waals surface area contributed by atoms with Crippen LogP contribution in [0.25, 0.3) is 11.0 Å². The van der Waals surface area contributed by atoms with Crippen molar-refractivity contribution in [2.24, 2.45) is 0 Å². The molecule has 2 rings (SSSR count). The summed E-state index contributed by atoms with van der Waals surface area (Å²) in [5, 5.41) is 10.9. The van der Waals surface area contributed by atoms with Crippen molar-refractivity contribution >= 4 is 34.3 Å². The van der Waals surface area contributed by atoms with Crippen LogP contribution in [0.2, 0.25) is 0 Å². The van der Waals surface area contributed by atoms with Crippen molar-refractivity contribution in [3.8, 4) is 0 Å². The number of fused-ring (bicyclic) bond motifs is 1. The van der Waals surface area contributed by atoms with Gasteiger partial charge in [-0.3, -0.25) is 4.79 Å². The molecule has 1 aromatic heterocycles. The zero-order chi connectivity index (χ0) is 12.3. The van der Waals surface area contributed by atoms with Crippen molar-refractivity contribution in [3.05, 3.63) is 24.3 Å². The SMILES string of the molecule is COC(=O)CNC(=S)n1nnc2ccccc21. The summed E-state index contributed by atoms with van der Waals surface area (Å²) >= 11 is 5.11. The van der Waals surface area contributed by atoms with Gasteiger partial charge in [0.25, 0.3) is 0 Å². The van der Waals surface area contributed by atoms with Crippen LogP contribution in [0.1, 0.15) is 0 Å². The zero-order valence-electron chi connectivity index (χ0n) is 9.08. The molecule has 0 spiro atoms. The summed E-state index contributed by atoms with van der Waals surface area (Å²) < 4.78 is 5.96. The Labute approximate surface area is 103 Å². The van der Waals surface area contributed by atoms with Gasteiger partial charge in [-0.25, -0.2) is 0 Å². The highest BCUT2D eigenvalue weighted by Crippen LogP contribution is 2.08. The standard InChI is InChI=1S/C10H10N4O2S/c1-16-9(15)6-11-10(17)14-8-5-3-2-4-7(8)12-13-14/h2-5H,6H2,1H3,(H,11,17). The maximum absolute atomic E-state index is 11.0. The summed E-state index contributed by atoms with van der Waals surface area (Å²) in [6.07, 6.45) is 0. The van der Waals surface area contributed by atoms with Crippen molar-refractivity contribution in [1.82, 2.24) is 20.3 Å².